The second kappa shape index (κ2) is 7.27. The smallest absolute Gasteiger partial charge is 0.251 e. The largest absolute Gasteiger partial charge is 0.486 e. The summed E-state index contributed by atoms with van der Waals surface area (Å²) in [6, 6.07) is 14.3. The summed E-state index contributed by atoms with van der Waals surface area (Å²) in [4.78, 5) is 12.6. The van der Waals surface area contributed by atoms with Crippen LogP contribution in [0.1, 0.15) is 41.4 Å². The second-order valence-electron chi connectivity index (χ2n) is 6.29. The molecule has 0 bridgehead atoms. The van der Waals surface area contributed by atoms with Crippen molar-refractivity contribution >= 4 is 5.91 Å². The molecule has 1 heterocycles. The number of carbonyl (C=O) groups is 1. The van der Waals surface area contributed by atoms with Crippen LogP contribution < -0.4 is 14.8 Å². The van der Waals surface area contributed by atoms with E-state index in [2.05, 4.69) is 11.4 Å². The molecule has 0 unspecified atom stereocenters. The lowest BCUT2D eigenvalue weighted by Crippen LogP contribution is -2.32. The summed E-state index contributed by atoms with van der Waals surface area (Å²) in [5.74, 6) is 1.41. The van der Waals surface area contributed by atoms with Crippen LogP contribution in [-0.2, 0) is 0 Å². The van der Waals surface area contributed by atoms with Gasteiger partial charge in [-0.3, -0.25) is 4.79 Å². The molecule has 0 saturated carbocycles. The Labute approximate surface area is 147 Å². The average molecular weight is 336 g/mol. The van der Waals surface area contributed by atoms with E-state index in [0.29, 0.717) is 30.1 Å². The first-order valence-electron chi connectivity index (χ1n) is 8.29. The van der Waals surface area contributed by atoms with E-state index < -0.39 is 0 Å². The molecule has 1 atom stereocenters. The number of hydrogen-bond acceptors (Lipinski definition) is 4. The zero-order chi connectivity index (χ0) is 17.8. The lowest BCUT2D eigenvalue weighted by Gasteiger charge is -2.25. The highest BCUT2D eigenvalue weighted by molar-refractivity contribution is 5.94. The summed E-state index contributed by atoms with van der Waals surface area (Å²) in [6.07, 6.45) is 0. The van der Waals surface area contributed by atoms with Gasteiger partial charge in [-0.1, -0.05) is 26.0 Å². The van der Waals surface area contributed by atoms with E-state index >= 15 is 0 Å². The maximum atomic E-state index is 12.6. The number of nitrogens with one attached hydrogen (secondary N) is 1. The maximum absolute atomic E-state index is 12.6. The van der Waals surface area contributed by atoms with Gasteiger partial charge in [0.2, 0.25) is 0 Å². The van der Waals surface area contributed by atoms with Gasteiger partial charge in [-0.05, 0) is 41.8 Å². The summed E-state index contributed by atoms with van der Waals surface area (Å²) in [6.45, 7) is 5.17. The van der Waals surface area contributed by atoms with Gasteiger partial charge in [-0.25, -0.2) is 0 Å². The fourth-order valence-electron chi connectivity index (χ4n) is 2.84. The van der Waals surface area contributed by atoms with E-state index in [9.17, 15) is 4.79 Å². The summed E-state index contributed by atoms with van der Waals surface area (Å²) < 4.78 is 11.2. The Morgan fingerprint density at radius 3 is 2.60 bits per heavy atom. The molecule has 1 aliphatic heterocycles. The van der Waals surface area contributed by atoms with Crippen LogP contribution in [0.15, 0.2) is 42.5 Å². The second-order valence-corrected chi connectivity index (χ2v) is 6.29. The Morgan fingerprint density at radius 2 is 1.88 bits per heavy atom. The summed E-state index contributed by atoms with van der Waals surface area (Å²) in [5, 5.41) is 12.1. The standard InChI is InChI=1S/C20H20N2O3/c1-13(2)19(15-6-7-17-18(11-15)25-9-8-24-17)22-20(23)16-5-3-4-14(10-16)12-21/h3-7,10-11,13,19H,8-9H2,1-2H3,(H,22,23)/t19-/m0/s1. The number of benzene rings is 2. The molecular formula is C20H20N2O3. The van der Waals surface area contributed by atoms with Crippen LogP contribution in [-0.4, -0.2) is 19.1 Å². The highest BCUT2D eigenvalue weighted by Gasteiger charge is 2.22. The monoisotopic (exact) mass is 336 g/mol. The average Bonchev–Trinajstić information content (AvgIpc) is 2.65. The molecule has 0 spiro atoms. The number of nitrogens with zero attached hydrogens (tertiary/aromatic N) is 1. The van der Waals surface area contributed by atoms with Crippen molar-refractivity contribution in [1.82, 2.24) is 5.32 Å². The number of carbonyl (C=O) groups excluding carboxylic acids is 1. The Hall–Kier alpha value is -3.00. The predicted molar refractivity (Wildman–Crippen MR) is 93.6 cm³/mol. The van der Waals surface area contributed by atoms with E-state index in [1.807, 2.05) is 32.0 Å². The minimum atomic E-state index is -0.203. The lowest BCUT2D eigenvalue weighted by molar-refractivity contribution is 0.0925. The van der Waals surface area contributed by atoms with Crippen molar-refractivity contribution in [3.05, 3.63) is 59.2 Å². The number of ether oxygens (including phenoxy) is 2. The van der Waals surface area contributed by atoms with Crippen LogP contribution in [0.4, 0.5) is 0 Å². The van der Waals surface area contributed by atoms with Gasteiger partial charge in [0.15, 0.2) is 11.5 Å². The maximum Gasteiger partial charge on any atom is 0.251 e. The van der Waals surface area contributed by atoms with Gasteiger partial charge in [0.25, 0.3) is 5.91 Å². The number of nitriles is 1. The van der Waals surface area contributed by atoms with Crippen molar-refractivity contribution in [3.8, 4) is 17.6 Å². The molecular weight excluding hydrogens is 316 g/mol. The summed E-state index contributed by atoms with van der Waals surface area (Å²) in [5.41, 5.74) is 1.90. The van der Waals surface area contributed by atoms with Crippen molar-refractivity contribution in [2.45, 2.75) is 19.9 Å². The molecule has 1 amide bonds. The first-order chi connectivity index (χ1) is 12.1. The number of rotatable bonds is 4. The fourth-order valence-corrected chi connectivity index (χ4v) is 2.84. The van der Waals surface area contributed by atoms with Gasteiger partial charge in [0.1, 0.15) is 13.2 Å². The van der Waals surface area contributed by atoms with Gasteiger partial charge in [0, 0.05) is 5.56 Å². The third-order valence-corrected chi connectivity index (χ3v) is 4.13. The van der Waals surface area contributed by atoms with Crippen molar-refractivity contribution in [2.24, 2.45) is 5.92 Å². The van der Waals surface area contributed by atoms with E-state index in [-0.39, 0.29) is 17.9 Å². The zero-order valence-electron chi connectivity index (χ0n) is 14.3. The highest BCUT2D eigenvalue weighted by Crippen LogP contribution is 2.34. The summed E-state index contributed by atoms with van der Waals surface area (Å²) in [7, 11) is 0. The molecule has 3 rings (SSSR count). The van der Waals surface area contributed by atoms with Crippen LogP contribution in [0.3, 0.4) is 0 Å². The van der Waals surface area contributed by atoms with Crippen LogP contribution in [0.25, 0.3) is 0 Å². The van der Waals surface area contributed by atoms with Crippen molar-refractivity contribution in [1.29, 1.82) is 5.26 Å². The van der Waals surface area contributed by atoms with Crippen molar-refractivity contribution in [3.63, 3.8) is 0 Å². The third-order valence-electron chi connectivity index (χ3n) is 4.13. The van der Waals surface area contributed by atoms with Gasteiger partial charge < -0.3 is 14.8 Å². The molecule has 0 saturated heterocycles. The molecule has 25 heavy (non-hydrogen) atoms. The minimum Gasteiger partial charge on any atom is -0.486 e. The molecule has 128 valence electrons. The molecule has 2 aromatic rings. The van der Waals surface area contributed by atoms with Crippen molar-refractivity contribution < 1.29 is 14.3 Å². The molecule has 0 aromatic heterocycles. The molecule has 1 N–H and O–H groups in total. The summed E-state index contributed by atoms with van der Waals surface area (Å²) >= 11 is 0. The number of amides is 1. The van der Waals surface area contributed by atoms with Gasteiger partial charge in [0.05, 0.1) is 17.7 Å². The molecule has 5 nitrogen and oxygen atoms in total. The van der Waals surface area contributed by atoms with Crippen molar-refractivity contribution in [2.75, 3.05) is 13.2 Å². The van der Waals surface area contributed by atoms with E-state index in [1.54, 1.807) is 24.3 Å². The quantitative estimate of drug-likeness (QED) is 0.928. The highest BCUT2D eigenvalue weighted by atomic mass is 16.6. The van der Waals surface area contributed by atoms with Gasteiger partial charge >= 0.3 is 0 Å². The first-order valence-corrected chi connectivity index (χ1v) is 8.29. The van der Waals surface area contributed by atoms with E-state index in [1.165, 1.54) is 0 Å². The van der Waals surface area contributed by atoms with Crippen LogP contribution >= 0.6 is 0 Å². The Morgan fingerprint density at radius 1 is 1.12 bits per heavy atom. The van der Waals surface area contributed by atoms with Crippen LogP contribution in [0.5, 0.6) is 11.5 Å². The fraction of sp³-hybridized carbons (Fsp3) is 0.300. The topological polar surface area (TPSA) is 71.4 Å². The van der Waals surface area contributed by atoms with E-state index in [0.717, 1.165) is 11.3 Å². The zero-order valence-corrected chi connectivity index (χ0v) is 14.3. The van der Waals surface area contributed by atoms with Gasteiger partial charge in [-0.2, -0.15) is 5.26 Å². The van der Waals surface area contributed by atoms with Gasteiger partial charge in [-0.15, -0.1) is 0 Å². The number of hydrogen-bond donors (Lipinski definition) is 1. The molecule has 0 radical (unpaired) electrons. The number of fused-ring (bicyclic) bond motifs is 1. The normalized spacial score (nSPS) is 13.8. The molecule has 0 fully saturated rings. The van der Waals surface area contributed by atoms with E-state index in [4.69, 9.17) is 14.7 Å². The Bertz CT molecular complexity index is 824. The molecule has 1 aliphatic rings. The Kier molecular flexibility index (Phi) is 4.90. The van der Waals surface area contributed by atoms with Crippen LogP contribution in [0, 0.1) is 17.2 Å². The predicted octanol–water partition coefficient (Wildman–Crippen LogP) is 3.46. The minimum absolute atomic E-state index is 0.172. The van der Waals surface area contributed by atoms with Crippen LogP contribution in [0.2, 0.25) is 0 Å². The first kappa shape index (κ1) is 16.8. The molecule has 2 aromatic carbocycles. The SMILES string of the molecule is CC(C)[C@H](NC(=O)c1cccc(C#N)c1)c1ccc2c(c1)OCCO2. The molecule has 5 heteroatoms. The molecule has 0 aliphatic carbocycles. The Balaban J connectivity index is 1.84. The third kappa shape index (κ3) is 3.74. The lowest BCUT2D eigenvalue weighted by atomic mass is 9.95.